The molecule has 112 valence electrons. The number of benzene rings is 1. The van der Waals surface area contributed by atoms with Gasteiger partial charge >= 0.3 is 33.9 Å². The van der Waals surface area contributed by atoms with Gasteiger partial charge in [0.25, 0.3) is 0 Å². The molecule has 0 N–H and O–H groups in total. The van der Waals surface area contributed by atoms with Gasteiger partial charge in [-0.3, -0.25) is 0 Å². The van der Waals surface area contributed by atoms with E-state index in [1.807, 2.05) is 0 Å². The predicted octanol–water partition coefficient (Wildman–Crippen LogP) is 3.19. The summed E-state index contributed by atoms with van der Waals surface area (Å²) in [7, 11) is -1.32. The molecule has 1 atom stereocenters. The molecule has 0 radical (unpaired) electrons. The molecule has 0 aromatic heterocycles. The van der Waals surface area contributed by atoms with E-state index in [0.29, 0.717) is 0 Å². The average molecular weight is 342 g/mol. The van der Waals surface area contributed by atoms with Gasteiger partial charge in [-0.2, -0.15) is 0 Å². The number of fused-ring (bicyclic) bond motifs is 1. The normalized spacial score (nSPS) is 17.8. The van der Waals surface area contributed by atoms with Crippen LogP contribution in [0.4, 0.5) is 0 Å². The molecule has 0 fully saturated rings. The van der Waals surface area contributed by atoms with E-state index in [2.05, 4.69) is 70.8 Å². The molecule has 6 heteroatoms. The van der Waals surface area contributed by atoms with Crippen molar-refractivity contribution in [3.05, 3.63) is 55.3 Å². The molecule has 0 saturated heterocycles. The largest absolute Gasteiger partial charge is 0 e. The number of rotatable bonds is 1. The van der Waals surface area contributed by atoms with Gasteiger partial charge in [-0.25, -0.2) is 0 Å². The first-order valence-electron chi connectivity index (χ1n) is 5.79. The Kier molecular flexibility index (Phi) is 14.1. The topological polar surface area (TPSA) is 68.9 Å². The van der Waals surface area contributed by atoms with Crippen LogP contribution in [0.15, 0.2) is 24.3 Å². The molecule has 1 aliphatic heterocycles. The van der Waals surface area contributed by atoms with Crippen LogP contribution in [0.25, 0.3) is 0 Å². The smallest absolute Gasteiger partial charge is 0 e. The Balaban J connectivity index is -0.000000414. The number of hydrogen-bond acceptors (Lipinski definition) is 1. The minimum Gasteiger partial charge on any atom is 0 e. The molecule has 1 unspecified atom stereocenters. The minimum atomic E-state index is -1.32. The quantitative estimate of drug-likeness (QED) is 0.439. The molecule has 0 amide bonds. The standard InChI is InChI=1S/C12H18OSi.3CO.Cr/c1-12(14(2,3)4)11-8-6-5-7-10(11)9-13-12;3*1-2;/h5-8H,9H2,1-4H3;;;;. The molecule has 2 rings (SSSR count). The van der Waals surface area contributed by atoms with E-state index in [9.17, 15) is 0 Å². The van der Waals surface area contributed by atoms with Crippen LogP contribution in [-0.4, -0.2) is 8.07 Å². The third-order valence-corrected chi connectivity index (χ3v) is 6.75. The second-order valence-electron chi connectivity index (χ2n) is 5.23. The first kappa shape index (κ1) is 25.1. The van der Waals surface area contributed by atoms with Crippen molar-refractivity contribution < 1.29 is 36.1 Å². The molecular weight excluding hydrogens is 324 g/mol. The first-order valence-corrected chi connectivity index (χ1v) is 9.29. The molecule has 1 heterocycles. The van der Waals surface area contributed by atoms with E-state index in [1.165, 1.54) is 11.1 Å². The van der Waals surface area contributed by atoms with E-state index in [1.54, 1.807) is 0 Å². The summed E-state index contributed by atoms with van der Waals surface area (Å²) in [6.07, 6.45) is 0. The Hall–Kier alpha value is -0.851. The van der Waals surface area contributed by atoms with Gasteiger partial charge in [0.05, 0.1) is 19.9 Å². The van der Waals surface area contributed by atoms with Crippen LogP contribution in [0.2, 0.25) is 19.6 Å². The van der Waals surface area contributed by atoms with Crippen molar-refractivity contribution in [1.82, 2.24) is 0 Å². The molecule has 0 bridgehead atoms. The van der Waals surface area contributed by atoms with Crippen LogP contribution in [0.1, 0.15) is 18.1 Å². The van der Waals surface area contributed by atoms with Crippen molar-refractivity contribution in [3.63, 3.8) is 0 Å². The first-order chi connectivity index (χ1) is 9.45. The van der Waals surface area contributed by atoms with Crippen LogP contribution in [0.5, 0.6) is 0 Å². The van der Waals surface area contributed by atoms with Gasteiger partial charge in [0, 0.05) is 17.4 Å². The predicted molar refractivity (Wildman–Crippen MR) is 73.7 cm³/mol. The van der Waals surface area contributed by atoms with Crippen LogP contribution in [0.3, 0.4) is 0 Å². The summed E-state index contributed by atoms with van der Waals surface area (Å²) in [4.78, 5) is 0. The van der Waals surface area contributed by atoms with E-state index in [4.69, 9.17) is 18.7 Å². The Morgan fingerprint density at radius 2 is 1.43 bits per heavy atom. The Labute approximate surface area is 138 Å². The summed E-state index contributed by atoms with van der Waals surface area (Å²) in [5, 5.41) is 0.00356. The molecule has 21 heavy (non-hydrogen) atoms. The maximum absolute atomic E-state index is 7.50. The summed E-state index contributed by atoms with van der Waals surface area (Å²) in [6.45, 7) is 23.7. The second-order valence-corrected chi connectivity index (χ2v) is 10.7. The van der Waals surface area contributed by atoms with Crippen LogP contribution >= 0.6 is 0 Å². The van der Waals surface area contributed by atoms with Gasteiger partial charge in [0.1, 0.15) is 0 Å². The maximum atomic E-state index is 7.50. The van der Waals surface area contributed by atoms with Gasteiger partial charge < -0.3 is 4.74 Å². The fourth-order valence-corrected chi connectivity index (χ4v) is 3.59. The summed E-state index contributed by atoms with van der Waals surface area (Å²) < 4.78 is 28.5. The maximum Gasteiger partial charge on any atom is 0 e. The molecule has 0 saturated carbocycles. The Morgan fingerprint density at radius 3 is 1.86 bits per heavy atom. The molecule has 0 spiro atoms. The van der Waals surface area contributed by atoms with E-state index in [-0.39, 0.29) is 22.6 Å². The summed E-state index contributed by atoms with van der Waals surface area (Å²) >= 11 is 0. The number of hydrogen-bond donors (Lipinski definition) is 0. The summed E-state index contributed by atoms with van der Waals surface area (Å²) in [6, 6.07) is 8.62. The van der Waals surface area contributed by atoms with Crippen molar-refractivity contribution in [3.8, 4) is 0 Å². The van der Waals surface area contributed by atoms with Crippen molar-refractivity contribution in [2.75, 3.05) is 0 Å². The van der Waals surface area contributed by atoms with Gasteiger partial charge in [0.2, 0.25) is 0 Å². The Morgan fingerprint density at radius 1 is 1.00 bits per heavy atom. The van der Waals surface area contributed by atoms with Crippen molar-refractivity contribution in [1.29, 1.82) is 0 Å². The molecule has 1 aliphatic rings. The molecule has 0 aliphatic carbocycles. The SMILES string of the molecule is CC1([Si](C)(C)C)OCc2ccccc21.[C-]#[O+].[C-]#[O+].[C-]#[O+].[Cr]. The van der Waals surface area contributed by atoms with Gasteiger partial charge in [-0.1, -0.05) is 43.9 Å². The fourth-order valence-electron chi connectivity index (χ4n) is 2.03. The van der Waals surface area contributed by atoms with Crippen molar-refractivity contribution in [2.24, 2.45) is 0 Å². The summed E-state index contributed by atoms with van der Waals surface area (Å²) in [5.41, 5.74) is 2.79. The van der Waals surface area contributed by atoms with Crippen molar-refractivity contribution in [2.45, 2.75) is 38.4 Å². The second kappa shape index (κ2) is 11.8. The zero-order valence-corrected chi connectivity index (χ0v) is 14.8. The van der Waals surface area contributed by atoms with Crippen LogP contribution < -0.4 is 0 Å². The third kappa shape index (κ3) is 5.80. The van der Waals surface area contributed by atoms with E-state index < -0.39 is 8.07 Å². The molecular formula is C15H18CrO4Si. The Bertz CT molecular complexity index is 462. The van der Waals surface area contributed by atoms with Crippen LogP contribution in [-0.2, 0) is 47.9 Å². The molecule has 1 aromatic rings. The van der Waals surface area contributed by atoms with Gasteiger partial charge in [-0.05, 0) is 18.1 Å². The molecule has 4 nitrogen and oxygen atoms in total. The van der Waals surface area contributed by atoms with Gasteiger partial charge in [-0.15, -0.1) is 0 Å². The summed E-state index contributed by atoms with van der Waals surface area (Å²) in [5.74, 6) is 0. The minimum absolute atomic E-state index is 0. The van der Waals surface area contributed by atoms with Crippen LogP contribution in [0, 0.1) is 20.0 Å². The zero-order valence-electron chi connectivity index (χ0n) is 12.6. The monoisotopic (exact) mass is 342 g/mol. The fraction of sp³-hybridized carbons (Fsp3) is 0.400. The zero-order chi connectivity index (χ0) is 16.4. The van der Waals surface area contributed by atoms with Gasteiger partial charge in [0.15, 0.2) is 0 Å². The van der Waals surface area contributed by atoms with E-state index in [0.717, 1.165) is 6.61 Å². The third-order valence-electron chi connectivity index (χ3n) is 3.48. The number of ether oxygens (including phenoxy) is 1. The molecule has 1 aromatic carbocycles. The van der Waals surface area contributed by atoms with Crippen molar-refractivity contribution >= 4 is 8.07 Å². The van der Waals surface area contributed by atoms with E-state index >= 15 is 0 Å². The average Bonchev–Trinajstić information content (AvgIpc) is 2.85.